The number of fused-ring (bicyclic) bond motifs is 2. The molecule has 5 nitrogen and oxygen atoms in total. The molecule has 2 amide bonds. The Morgan fingerprint density at radius 2 is 1.85 bits per heavy atom. The molecule has 2 bridgehead atoms. The summed E-state index contributed by atoms with van der Waals surface area (Å²) in [6.07, 6.45) is 7.61. The molecule has 4 rings (SSSR count). The number of allylic oxidation sites excluding steroid dienone is 2. The van der Waals surface area contributed by atoms with Crippen molar-refractivity contribution in [1.29, 1.82) is 0 Å². The number of hydrogen-bond acceptors (Lipinski definition) is 3. The van der Waals surface area contributed by atoms with Crippen LogP contribution in [-0.4, -0.2) is 54.3 Å². The monoisotopic (exact) mass is 367 g/mol. The number of amides is 2. The van der Waals surface area contributed by atoms with Crippen molar-refractivity contribution in [3.8, 4) is 0 Å². The average Bonchev–Trinajstić information content (AvgIpc) is 3.32. The summed E-state index contributed by atoms with van der Waals surface area (Å²) in [5.74, 6) is 1.63. The van der Waals surface area contributed by atoms with Crippen LogP contribution in [0.15, 0.2) is 36.4 Å². The van der Waals surface area contributed by atoms with Gasteiger partial charge in [-0.1, -0.05) is 37.3 Å². The molecule has 1 heterocycles. The summed E-state index contributed by atoms with van der Waals surface area (Å²) in [6.45, 7) is 5.48. The van der Waals surface area contributed by atoms with Crippen LogP contribution in [0.2, 0.25) is 0 Å². The molecule has 1 saturated carbocycles. The molecule has 1 aromatic rings. The first-order valence-electron chi connectivity index (χ1n) is 10.2. The first-order chi connectivity index (χ1) is 13.1. The summed E-state index contributed by atoms with van der Waals surface area (Å²) in [5.41, 5.74) is 2.06. The Hall–Kier alpha value is -2.14. The molecule has 1 saturated heterocycles. The van der Waals surface area contributed by atoms with E-state index in [4.69, 9.17) is 0 Å². The highest BCUT2D eigenvalue weighted by Gasteiger charge is 2.41. The van der Waals surface area contributed by atoms with Crippen LogP contribution in [0, 0.1) is 17.8 Å². The van der Waals surface area contributed by atoms with E-state index in [1.165, 1.54) is 0 Å². The fraction of sp³-hybridized carbons (Fsp3) is 0.545. The number of carbonyl (C=O) groups is 2. The Morgan fingerprint density at radius 3 is 2.52 bits per heavy atom. The first kappa shape index (κ1) is 18.2. The number of hydrogen-bond donors (Lipinski definition) is 1. The van der Waals surface area contributed by atoms with Gasteiger partial charge >= 0.3 is 0 Å². The van der Waals surface area contributed by atoms with Crippen LogP contribution >= 0.6 is 0 Å². The third kappa shape index (κ3) is 3.93. The zero-order chi connectivity index (χ0) is 18.8. The predicted octanol–water partition coefficient (Wildman–Crippen LogP) is 2.54. The fourth-order valence-electron chi connectivity index (χ4n) is 4.77. The average molecular weight is 367 g/mol. The van der Waals surface area contributed by atoms with Crippen molar-refractivity contribution in [2.24, 2.45) is 17.8 Å². The maximum absolute atomic E-state index is 12.8. The van der Waals surface area contributed by atoms with Crippen molar-refractivity contribution in [2.45, 2.75) is 26.2 Å². The number of carbonyl (C=O) groups excluding carboxylic acids is 2. The molecule has 144 valence electrons. The van der Waals surface area contributed by atoms with Crippen LogP contribution in [0.25, 0.3) is 0 Å². The van der Waals surface area contributed by atoms with Gasteiger partial charge in [-0.15, -0.1) is 0 Å². The third-order valence-corrected chi connectivity index (χ3v) is 6.32. The summed E-state index contributed by atoms with van der Waals surface area (Å²) in [7, 11) is 0. The van der Waals surface area contributed by atoms with Crippen molar-refractivity contribution in [2.75, 3.05) is 38.0 Å². The predicted molar refractivity (Wildman–Crippen MR) is 106 cm³/mol. The fourth-order valence-corrected chi connectivity index (χ4v) is 4.77. The smallest absolute Gasteiger partial charge is 0.238 e. The summed E-state index contributed by atoms with van der Waals surface area (Å²) in [4.78, 5) is 29.4. The SMILES string of the molecule is CCc1ccccc1NC(=O)CN1CCN(C(=O)[C@@H]2C[C@H]3C=C[C@H]2C3)CC1. The van der Waals surface area contributed by atoms with E-state index in [0.717, 1.165) is 56.7 Å². The van der Waals surface area contributed by atoms with Crippen molar-refractivity contribution in [3.05, 3.63) is 42.0 Å². The van der Waals surface area contributed by atoms with Crippen molar-refractivity contribution >= 4 is 17.5 Å². The number of nitrogens with one attached hydrogen (secondary N) is 1. The van der Waals surface area contributed by atoms with Gasteiger partial charge < -0.3 is 10.2 Å². The van der Waals surface area contributed by atoms with Crippen molar-refractivity contribution in [1.82, 2.24) is 9.80 Å². The number of anilines is 1. The van der Waals surface area contributed by atoms with E-state index >= 15 is 0 Å². The zero-order valence-corrected chi connectivity index (χ0v) is 16.1. The lowest BCUT2D eigenvalue weighted by molar-refractivity contribution is -0.138. The van der Waals surface area contributed by atoms with Crippen LogP contribution in [0.5, 0.6) is 0 Å². The Morgan fingerprint density at radius 1 is 1.07 bits per heavy atom. The van der Waals surface area contributed by atoms with Gasteiger partial charge in [0.2, 0.25) is 11.8 Å². The topological polar surface area (TPSA) is 52.7 Å². The van der Waals surface area contributed by atoms with Crippen LogP contribution in [0.1, 0.15) is 25.3 Å². The van der Waals surface area contributed by atoms with Gasteiger partial charge in [0, 0.05) is 37.8 Å². The van der Waals surface area contributed by atoms with Crippen LogP contribution in [0.4, 0.5) is 5.69 Å². The molecule has 27 heavy (non-hydrogen) atoms. The van der Waals surface area contributed by atoms with Gasteiger partial charge in [-0.05, 0) is 42.7 Å². The molecule has 0 unspecified atom stereocenters. The first-order valence-corrected chi connectivity index (χ1v) is 10.2. The molecule has 2 fully saturated rings. The number of benzene rings is 1. The van der Waals surface area contributed by atoms with Gasteiger partial charge in [0.05, 0.1) is 6.54 Å². The highest BCUT2D eigenvalue weighted by Crippen LogP contribution is 2.44. The van der Waals surface area contributed by atoms with E-state index in [1.807, 2.05) is 29.2 Å². The number of rotatable bonds is 5. The Balaban J connectivity index is 1.25. The lowest BCUT2D eigenvalue weighted by atomic mass is 9.92. The molecule has 3 aliphatic rings. The molecular weight excluding hydrogens is 338 g/mol. The van der Waals surface area contributed by atoms with Crippen molar-refractivity contribution in [3.63, 3.8) is 0 Å². The molecule has 0 aromatic heterocycles. The maximum atomic E-state index is 12.8. The second-order valence-electron chi connectivity index (χ2n) is 8.05. The minimum absolute atomic E-state index is 0.0221. The van der Waals surface area contributed by atoms with Crippen LogP contribution < -0.4 is 5.32 Å². The van der Waals surface area contributed by atoms with Gasteiger partial charge in [0.1, 0.15) is 0 Å². The largest absolute Gasteiger partial charge is 0.340 e. The lowest BCUT2D eigenvalue weighted by Gasteiger charge is -2.36. The highest BCUT2D eigenvalue weighted by molar-refractivity contribution is 5.93. The van der Waals surface area contributed by atoms with E-state index in [-0.39, 0.29) is 11.8 Å². The number of aryl methyl sites for hydroxylation is 1. The van der Waals surface area contributed by atoms with E-state index in [2.05, 4.69) is 29.3 Å². The molecule has 1 N–H and O–H groups in total. The molecule has 0 radical (unpaired) electrons. The molecule has 2 aliphatic carbocycles. The number of para-hydroxylation sites is 1. The summed E-state index contributed by atoms with van der Waals surface area (Å²) < 4.78 is 0. The molecule has 1 aliphatic heterocycles. The molecule has 5 heteroatoms. The normalized spacial score (nSPS) is 27.1. The molecular formula is C22H29N3O2. The van der Waals surface area contributed by atoms with E-state index in [1.54, 1.807) is 0 Å². The maximum Gasteiger partial charge on any atom is 0.238 e. The molecule has 1 aromatic carbocycles. The molecule has 3 atom stereocenters. The highest BCUT2D eigenvalue weighted by atomic mass is 16.2. The Bertz CT molecular complexity index is 737. The van der Waals surface area contributed by atoms with Crippen LogP contribution in [-0.2, 0) is 16.0 Å². The minimum atomic E-state index is 0.0221. The number of piperazine rings is 1. The summed E-state index contributed by atoms with van der Waals surface area (Å²) in [5, 5.41) is 3.04. The summed E-state index contributed by atoms with van der Waals surface area (Å²) >= 11 is 0. The summed E-state index contributed by atoms with van der Waals surface area (Å²) in [6, 6.07) is 7.95. The van der Waals surface area contributed by atoms with E-state index in [9.17, 15) is 9.59 Å². The molecule has 0 spiro atoms. The van der Waals surface area contributed by atoms with Crippen LogP contribution in [0.3, 0.4) is 0 Å². The number of nitrogens with zero attached hydrogens (tertiary/aromatic N) is 2. The van der Waals surface area contributed by atoms with Gasteiger partial charge in [-0.25, -0.2) is 0 Å². The third-order valence-electron chi connectivity index (χ3n) is 6.32. The van der Waals surface area contributed by atoms with Crippen molar-refractivity contribution < 1.29 is 9.59 Å². The van der Waals surface area contributed by atoms with E-state index < -0.39 is 0 Å². The van der Waals surface area contributed by atoms with Gasteiger partial charge in [0.15, 0.2) is 0 Å². The van der Waals surface area contributed by atoms with E-state index in [0.29, 0.717) is 24.3 Å². The zero-order valence-electron chi connectivity index (χ0n) is 16.1. The van der Waals surface area contributed by atoms with Gasteiger partial charge in [0.25, 0.3) is 0 Å². The van der Waals surface area contributed by atoms with Gasteiger partial charge in [-0.2, -0.15) is 0 Å². The minimum Gasteiger partial charge on any atom is -0.340 e. The second-order valence-corrected chi connectivity index (χ2v) is 8.05. The lowest BCUT2D eigenvalue weighted by Crippen LogP contribution is -2.52. The second kappa shape index (κ2) is 7.85. The standard InChI is InChI=1S/C22H29N3O2/c1-2-17-5-3-4-6-20(17)23-21(26)15-24-9-11-25(12-10-24)22(27)19-14-16-7-8-18(19)13-16/h3-8,16,18-19H,2,9-15H2,1H3,(H,23,26)/t16-,18-,19+/m0/s1. The van der Waals surface area contributed by atoms with Gasteiger partial charge in [-0.3, -0.25) is 14.5 Å². The Kier molecular flexibility index (Phi) is 5.30. The quantitative estimate of drug-likeness (QED) is 0.814. The Labute approximate surface area is 161 Å².